The number of benzene rings is 1. The number of carbonyl (C=O) groups excluding carboxylic acids is 2. The van der Waals surface area contributed by atoms with Gasteiger partial charge in [0.25, 0.3) is 5.91 Å². The Hall–Kier alpha value is -2.45. The average molecular weight is 482 g/mol. The Kier molecular flexibility index (Phi) is 7.01. The molecule has 164 valence electrons. The lowest BCUT2D eigenvalue weighted by Gasteiger charge is -2.13. The van der Waals surface area contributed by atoms with Crippen LogP contribution in [0.25, 0.3) is 0 Å². The van der Waals surface area contributed by atoms with E-state index in [1.165, 1.54) is 37.6 Å². The van der Waals surface area contributed by atoms with E-state index in [-0.39, 0.29) is 15.5 Å². The number of rotatable bonds is 6. The Morgan fingerprint density at radius 3 is 2.68 bits per heavy atom. The molecule has 0 aliphatic heterocycles. The Morgan fingerprint density at radius 2 is 2.00 bits per heavy atom. The third kappa shape index (κ3) is 4.91. The van der Waals surface area contributed by atoms with Gasteiger partial charge >= 0.3 is 5.97 Å². The van der Waals surface area contributed by atoms with Crippen molar-refractivity contribution in [2.45, 2.75) is 30.6 Å². The van der Waals surface area contributed by atoms with E-state index in [4.69, 9.17) is 16.3 Å². The fourth-order valence-electron chi connectivity index (χ4n) is 3.18. The molecule has 0 atom stereocenters. The first-order valence-corrected chi connectivity index (χ1v) is 12.0. The normalized spacial score (nSPS) is 13.4. The second-order valence-electron chi connectivity index (χ2n) is 7.08. The summed E-state index contributed by atoms with van der Waals surface area (Å²) in [4.78, 5) is 25.7. The van der Waals surface area contributed by atoms with Crippen LogP contribution in [-0.4, -0.2) is 45.3 Å². The highest BCUT2D eigenvalue weighted by molar-refractivity contribution is 7.89. The summed E-state index contributed by atoms with van der Waals surface area (Å²) in [6.45, 7) is -0.604. The Morgan fingerprint density at radius 1 is 1.29 bits per heavy atom. The van der Waals surface area contributed by atoms with Crippen LogP contribution in [-0.2, 0) is 32.4 Å². The quantitative estimate of drug-likeness (QED) is 0.633. The second-order valence-corrected chi connectivity index (χ2v) is 10.7. The average Bonchev–Trinajstić information content (AvgIpc) is 3.08. The van der Waals surface area contributed by atoms with Gasteiger partial charge in [-0.1, -0.05) is 11.6 Å². The lowest BCUT2D eigenvalue weighted by molar-refractivity contribution is -0.119. The predicted molar refractivity (Wildman–Crippen MR) is 117 cm³/mol. The monoisotopic (exact) mass is 481 g/mol. The Balaban J connectivity index is 1.70. The number of nitrogens with zero attached hydrogens (tertiary/aromatic N) is 2. The first-order valence-electron chi connectivity index (χ1n) is 9.39. The maximum absolute atomic E-state index is 12.4. The highest BCUT2D eigenvalue weighted by atomic mass is 35.5. The van der Waals surface area contributed by atoms with Crippen molar-refractivity contribution in [3.05, 3.63) is 44.8 Å². The van der Waals surface area contributed by atoms with E-state index in [0.29, 0.717) is 10.6 Å². The summed E-state index contributed by atoms with van der Waals surface area (Å²) >= 11 is 7.39. The van der Waals surface area contributed by atoms with Crippen LogP contribution in [0.3, 0.4) is 0 Å². The minimum atomic E-state index is -3.77. The van der Waals surface area contributed by atoms with Crippen molar-refractivity contribution in [2.24, 2.45) is 0 Å². The number of aryl methyl sites for hydroxylation is 1. The number of nitriles is 1. The molecule has 31 heavy (non-hydrogen) atoms. The van der Waals surface area contributed by atoms with Crippen LogP contribution in [0.15, 0.2) is 23.1 Å². The number of sulfonamides is 1. The van der Waals surface area contributed by atoms with E-state index >= 15 is 0 Å². The molecule has 0 unspecified atom stereocenters. The Labute approximate surface area is 189 Å². The molecule has 0 saturated heterocycles. The van der Waals surface area contributed by atoms with Gasteiger partial charge in [-0.3, -0.25) is 4.79 Å². The number of anilines is 1. The molecule has 1 aliphatic rings. The van der Waals surface area contributed by atoms with E-state index in [2.05, 4.69) is 11.4 Å². The van der Waals surface area contributed by atoms with Gasteiger partial charge in [-0.05, 0) is 49.4 Å². The molecule has 11 heteroatoms. The molecule has 0 fully saturated rings. The summed E-state index contributed by atoms with van der Waals surface area (Å²) < 4.78 is 30.6. The van der Waals surface area contributed by atoms with Crippen LogP contribution in [0.1, 0.15) is 39.2 Å². The molecular weight excluding hydrogens is 462 g/mol. The fourth-order valence-corrected chi connectivity index (χ4v) is 5.55. The van der Waals surface area contributed by atoms with Crippen LogP contribution in [0, 0.1) is 11.3 Å². The number of ether oxygens (including phenoxy) is 1. The van der Waals surface area contributed by atoms with E-state index in [1.54, 1.807) is 0 Å². The number of halogens is 1. The van der Waals surface area contributed by atoms with Crippen molar-refractivity contribution in [3.8, 4) is 6.07 Å². The zero-order chi connectivity index (χ0) is 22.8. The summed E-state index contributed by atoms with van der Waals surface area (Å²) in [5.74, 6) is -1.53. The number of thiophene rings is 1. The molecule has 1 heterocycles. The van der Waals surface area contributed by atoms with Crippen LogP contribution >= 0.6 is 22.9 Å². The van der Waals surface area contributed by atoms with Gasteiger partial charge in [0.05, 0.1) is 21.0 Å². The molecule has 1 aliphatic carbocycles. The molecular formula is C20H20ClN3O5S2. The standard InChI is InChI=1S/C20H20ClN3O5S2/c1-24(2)31(27,28)12-7-8-16(21)14(9-12)20(26)29-11-18(25)23-19-15(10-22)13-5-3-4-6-17(13)30-19/h7-9H,3-6,11H2,1-2H3,(H,23,25). The van der Waals surface area contributed by atoms with Crippen molar-refractivity contribution < 1.29 is 22.7 Å². The van der Waals surface area contributed by atoms with Gasteiger partial charge in [-0.25, -0.2) is 17.5 Å². The number of nitrogens with one attached hydrogen (secondary N) is 1. The molecule has 0 spiro atoms. The van der Waals surface area contributed by atoms with Crippen molar-refractivity contribution in [3.63, 3.8) is 0 Å². The van der Waals surface area contributed by atoms with E-state index in [0.717, 1.165) is 46.5 Å². The molecule has 8 nitrogen and oxygen atoms in total. The predicted octanol–water partition coefficient (Wildman–Crippen LogP) is 3.20. The number of amides is 1. The van der Waals surface area contributed by atoms with Gasteiger partial charge in [0.2, 0.25) is 10.0 Å². The minimum Gasteiger partial charge on any atom is -0.452 e. The molecule has 1 N–H and O–H groups in total. The maximum Gasteiger partial charge on any atom is 0.340 e. The van der Waals surface area contributed by atoms with E-state index in [1.807, 2.05) is 0 Å². The van der Waals surface area contributed by atoms with Crippen LogP contribution in [0.4, 0.5) is 5.00 Å². The van der Waals surface area contributed by atoms with Crippen molar-refractivity contribution in [1.29, 1.82) is 5.26 Å². The lowest BCUT2D eigenvalue weighted by atomic mass is 9.96. The molecule has 0 bridgehead atoms. The van der Waals surface area contributed by atoms with Gasteiger partial charge in [-0.15, -0.1) is 11.3 Å². The van der Waals surface area contributed by atoms with E-state index < -0.39 is 28.5 Å². The first-order chi connectivity index (χ1) is 14.6. The van der Waals surface area contributed by atoms with Crippen molar-refractivity contribution in [2.75, 3.05) is 26.0 Å². The second kappa shape index (κ2) is 9.36. The number of esters is 1. The molecule has 3 rings (SSSR count). The fraction of sp³-hybridized carbons (Fsp3) is 0.350. The third-order valence-corrected chi connectivity index (χ3v) is 8.15. The Bertz CT molecular complexity index is 1180. The van der Waals surface area contributed by atoms with Crippen LogP contribution in [0.5, 0.6) is 0 Å². The summed E-state index contributed by atoms with van der Waals surface area (Å²) in [6.07, 6.45) is 3.74. The van der Waals surface area contributed by atoms with Crippen molar-refractivity contribution >= 4 is 49.8 Å². The maximum atomic E-state index is 12.4. The SMILES string of the molecule is CN(C)S(=O)(=O)c1ccc(Cl)c(C(=O)OCC(=O)Nc2sc3c(c2C#N)CCCC3)c1. The summed E-state index contributed by atoms with van der Waals surface area (Å²) in [6, 6.07) is 5.82. The lowest BCUT2D eigenvalue weighted by Crippen LogP contribution is -2.23. The van der Waals surface area contributed by atoms with Gasteiger partial charge in [-0.2, -0.15) is 5.26 Å². The first kappa shape index (κ1) is 23.2. The van der Waals surface area contributed by atoms with Crippen molar-refractivity contribution in [1.82, 2.24) is 4.31 Å². The molecule has 2 aromatic rings. The third-order valence-electron chi connectivity index (χ3n) is 4.81. The zero-order valence-corrected chi connectivity index (χ0v) is 19.3. The summed E-state index contributed by atoms with van der Waals surface area (Å²) in [5, 5.41) is 12.5. The van der Waals surface area contributed by atoms with E-state index in [9.17, 15) is 23.3 Å². The number of hydrogen-bond acceptors (Lipinski definition) is 7. The minimum absolute atomic E-state index is 0.000753. The molecule has 1 aromatic carbocycles. The smallest absolute Gasteiger partial charge is 0.340 e. The van der Waals surface area contributed by atoms with Gasteiger partial charge in [0.15, 0.2) is 6.61 Å². The van der Waals surface area contributed by atoms with Gasteiger partial charge in [0.1, 0.15) is 11.1 Å². The zero-order valence-electron chi connectivity index (χ0n) is 16.9. The molecule has 1 aromatic heterocycles. The van der Waals surface area contributed by atoms with Crippen LogP contribution < -0.4 is 5.32 Å². The number of hydrogen-bond donors (Lipinski definition) is 1. The molecule has 0 saturated carbocycles. The topological polar surface area (TPSA) is 117 Å². The highest BCUT2D eigenvalue weighted by Crippen LogP contribution is 2.37. The van der Waals surface area contributed by atoms with Crippen LogP contribution in [0.2, 0.25) is 5.02 Å². The summed E-state index contributed by atoms with van der Waals surface area (Å²) in [7, 11) is -1.04. The van der Waals surface area contributed by atoms with Gasteiger partial charge < -0.3 is 10.1 Å². The molecule has 0 radical (unpaired) electrons. The number of fused-ring (bicyclic) bond motifs is 1. The van der Waals surface area contributed by atoms with Gasteiger partial charge in [0, 0.05) is 19.0 Å². The largest absolute Gasteiger partial charge is 0.452 e. The summed E-state index contributed by atoms with van der Waals surface area (Å²) in [5.41, 5.74) is 1.28. The highest BCUT2D eigenvalue weighted by Gasteiger charge is 2.24. The molecule has 1 amide bonds. The number of carbonyl (C=O) groups is 2.